The maximum absolute atomic E-state index is 12.1. The van der Waals surface area contributed by atoms with Gasteiger partial charge in [-0.3, -0.25) is 4.72 Å². The molecule has 0 saturated carbocycles. The standard InChI is InChI=1S/C13H14N2O2S.FH/c1-10-5-7-12(8-6-10)18(16,17)15-13-11(2)4-3-9-14-13;/h3-9H,1-2H3,(H,14,15);1H/p-1. The van der Waals surface area contributed by atoms with Crippen LogP contribution in [-0.4, -0.2) is 13.4 Å². The van der Waals surface area contributed by atoms with Crippen LogP contribution in [0.3, 0.4) is 0 Å². The molecule has 2 aromatic rings. The summed E-state index contributed by atoms with van der Waals surface area (Å²) in [5, 5.41) is 0. The van der Waals surface area contributed by atoms with Gasteiger partial charge >= 0.3 is 0 Å². The van der Waals surface area contributed by atoms with Gasteiger partial charge in [-0.25, -0.2) is 13.4 Å². The van der Waals surface area contributed by atoms with Crippen LogP contribution in [0.15, 0.2) is 47.5 Å². The van der Waals surface area contributed by atoms with E-state index in [0.717, 1.165) is 11.1 Å². The molecule has 1 aromatic heterocycles. The zero-order valence-corrected chi connectivity index (χ0v) is 11.4. The minimum absolute atomic E-state index is 0. The summed E-state index contributed by atoms with van der Waals surface area (Å²) < 4.78 is 26.7. The molecule has 6 heteroatoms. The summed E-state index contributed by atoms with van der Waals surface area (Å²) in [6.07, 6.45) is 1.56. The number of hydrogen-bond acceptors (Lipinski definition) is 3. The van der Waals surface area contributed by atoms with Crippen LogP contribution in [0.1, 0.15) is 11.1 Å². The first-order chi connectivity index (χ1) is 8.49. The lowest BCUT2D eigenvalue weighted by Gasteiger charge is -2.09. The van der Waals surface area contributed by atoms with E-state index in [1.807, 2.05) is 6.92 Å². The fourth-order valence-electron chi connectivity index (χ4n) is 1.50. The van der Waals surface area contributed by atoms with Gasteiger partial charge in [0.25, 0.3) is 10.0 Å². The van der Waals surface area contributed by atoms with Gasteiger partial charge in [0.15, 0.2) is 0 Å². The molecule has 0 atom stereocenters. The summed E-state index contributed by atoms with van der Waals surface area (Å²) in [7, 11) is -3.57. The van der Waals surface area contributed by atoms with Crippen molar-refractivity contribution in [1.82, 2.24) is 4.98 Å². The quantitative estimate of drug-likeness (QED) is 0.825. The molecule has 0 bridgehead atoms. The second kappa shape index (κ2) is 5.79. The molecule has 1 heterocycles. The maximum atomic E-state index is 12.1. The Morgan fingerprint density at radius 2 is 1.68 bits per heavy atom. The van der Waals surface area contributed by atoms with Crippen LogP contribution in [0, 0.1) is 13.8 Å². The maximum Gasteiger partial charge on any atom is 0.263 e. The van der Waals surface area contributed by atoms with Gasteiger partial charge in [-0.05, 0) is 37.6 Å². The minimum atomic E-state index is -3.57. The molecule has 0 aliphatic carbocycles. The lowest BCUT2D eigenvalue weighted by Crippen LogP contribution is -3.00. The average molecular weight is 281 g/mol. The summed E-state index contributed by atoms with van der Waals surface area (Å²) in [4.78, 5) is 4.25. The van der Waals surface area contributed by atoms with E-state index in [4.69, 9.17) is 0 Å². The third-order valence-electron chi connectivity index (χ3n) is 2.57. The van der Waals surface area contributed by atoms with Crippen LogP contribution in [-0.2, 0) is 10.0 Å². The van der Waals surface area contributed by atoms with E-state index < -0.39 is 10.0 Å². The molecule has 0 spiro atoms. The molecule has 0 unspecified atom stereocenters. The van der Waals surface area contributed by atoms with Crippen molar-refractivity contribution in [2.24, 2.45) is 0 Å². The topological polar surface area (TPSA) is 59.1 Å². The summed E-state index contributed by atoms with van der Waals surface area (Å²) in [5.74, 6) is 0.359. The van der Waals surface area contributed by atoms with E-state index >= 15 is 0 Å². The number of aryl methyl sites for hydroxylation is 2. The monoisotopic (exact) mass is 281 g/mol. The Kier molecular flexibility index (Phi) is 4.61. The number of nitrogens with one attached hydrogen (secondary N) is 1. The van der Waals surface area contributed by atoms with Crippen molar-refractivity contribution in [1.29, 1.82) is 0 Å². The second-order valence-corrected chi connectivity index (χ2v) is 5.77. The SMILES string of the molecule is Cc1ccc(S(=O)(=O)Nc2ncccc2C)cc1.[F-]. The highest BCUT2D eigenvalue weighted by Gasteiger charge is 2.15. The van der Waals surface area contributed by atoms with E-state index in [-0.39, 0.29) is 9.60 Å². The van der Waals surface area contributed by atoms with Crippen molar-refractivity contribution in [3.05, 3.63) is 53.7 Å². The highest BCUT2D eigenvalue weighted by atomic mass is 32.2. The van der Waals surface area contributed by atoms with Gasteiger partial charge in [-0.2, -0.15) is 0 Å². The number of nitrogens with zero attached hydrogens (tertiary/aromatic N) is 1. The number of sulfonamides is 1. The first-order valence-electron chi connectivity index (χ1n) is 5.50. The Labute approximate surface area is 111 Å². The molecule has 0 radical (unpaired) electrons. The van der Waals surface area contributed by atoms with Crippen molar-refractivity contribution >= 4 is 15.8 Å². The molecule has 0 fully saturated rings. The van der Waals surface area contributed by atoms with Gasteiger partial charge in [-0.1, -0.05) is 23.8 Å². The third-order valence-corrected chi connectivity index (χ3v) is 3.93. The summed E-state index contributed by atoms with van der Waals surface area (Å²) >= 11 is 0. The van der Waals surface area contributed by atoms with Gasteiger partial charge in [0, 0.05) is 6.20 Å². The van der Waals surface area contributed by atoms with Gasteiger partial charge in [0.05, 0.1) is 4.90 Å². The molecule has 0 saturated heterocycles. The summed E-state index contributed by atoms with van der Waals surface area (Å²) in [5.41, 5.74) is 1.80. The number of pyridine rings is 1. The molecule has 102 valence electrons. The second-order valence-electron chi connectivity index (χ2n) is 4.09. The Hall–Kier alpha value is -1.95. The van der Waals surface area contributed by atoms with Gasteiger partial charge in [-0.15, -0.1) is 0 Å². The van der Waals surface area contributed by atoms with Gasteiger partial charge < -0.3 is 4.70 Å². The lowest BCUT2D eigenvalue weighted by atomic mass is 10.2. The predicted octanol–water partition coefficient (Wildman–Crippen LogP) is -0.497. The van der Waals surface area contributed by atoms with Crippen molar-refractivity contribution in [3.63, 3.8) is 0 Å². The van der Waals surface area contributed by atoms with Crippen LogP contribution < -0.4 is 9.43 Å². The van der Waals surface area contributed by atoms with E-state index in [2.05, 4.69) is 9.71 Å². The molecular weight excluding hydrogens is 267 g/mol. The Bertz CT molecular complexity index is 655. The Morgan fingerprint density at radius 1 is 1.05 bits per heavy atom. The number of benzene rings is 1. The third kappa shape index (κ3) is 3.51. The van der Waals surface area contributed by atoms with E-state index in [1.54, 1.807) is 49.5 Å². The predicted molar refractivity (Wildman–Crippen MR) is 71.0 cm³/mol. The zero-order valence-electron chi connectivity index (χ0n) is 10.6. The lowest BCUT2D eigenvalue weighted by molar-refractivity contribution is -0.00000626. The Morgan fingerprint density at radius 3 is 2.26 bits per heavy atom. The molecule has 0 aliphatic heterocycles. The summed E-state index contributed by atoms with van der Waals surface area (Å²) in [6, 6.07) is 10.3. The highest BCUT2D eigenvalue weighted by Crippen LogP contribution is 2.17. The van der Waals surface area contributed by atoms with Gasteiger partial charge in [0.2, 0.25) is 0 Å². The summed E-state index contributed by atoms with van der Waals surface area (Å²) in [6.45, 7) is 3.72. The highest BCUT2D eigenvalue weighted by molar-refractivity contribution is 7.92. The van der Waals surface area contributed by atoms with E-state index in [9.17, 15) is 8.42 Å². The van der Waals surface area contributed by atoms with Crippen LogP contribution >= 0.6 is 0 Å². The van der Waals surface area contributed by atoms with Crippen LogP contribution in [0.4, 0.5) is 5.82 Å². The van der Waals surface area contributed by atoms with E-state index in [0.29, 0.717) is 5.82 Å². The normalized spacial score (nSPS) is 10.6. The van der Waals surface area contributed by atoms with E-state index in [1.165, 1.54) is 0 Å². The van der Waals surface area contributed by atoms with Crippen molar-refractivity contribution < 1.29 is 13.1 Å². The first kappa shape index (κ1) is 15.1. The van der Waals surface area contributed by atoms with Crippen LogP contribution in [0.2, 0.25) is 0 Å². The molecule has 19 heavy (non-hydrogen) atoms. The number of halogens is 1. The number of hydrogen-bond donors (Lipinski definition) is 1. The van der Waals surface area contributed by atoms with Crippen molar-refractivity contribution in [2.75, 3.05) is 4.72 Å². The smallest absolute Gasteiger partial charge is 0.263 e. The first-order valence-corrected chi connectivity index (χ1v) is 6.98. The van der Waals surface area contributed by atoms with Crippen LogP contribution in [0.25, 0.3) is 0 Å². The molecular formula is C13H14FN2O2S-. The average Bonchev–Trinajstić information content (AvgIpc) is 2.32. The molecule has 0 amide bonds. The van der Waals surface area contributed by atoms with Crippen molar-refractivity contribution in [2.45, 2.75) is 18.7 Å². The fourth-order valence-corrected chi connectivity index (χ4v) is 2.58. The molecule has 1 N–H and O–H groups in total. The Balaban J connectivity index is 0.00000180. The zero-order chi connectivity index (χ0) is 13.2. The minimum Gasteiger partial charge on any atom is -1.00 e. The largest absolute Gasteiger partial charge is 1.00 e. The van der Waals surface area contributed by atoms with Crippen molar-refractivity contribution in [3.8, 4) is 0 Å². The van der Waals surface area contributed by atoms with Crippen LogP contribution in [0.5, 0.6) is 0 Å². The molecule has 0 aliphatic rings. The number of aromatic nitrogens is 1. The molecule has 1 aromatic carbocycles. The number of rotatable bonds is 3. The fraction of sp³-hybridized carbons (Fsp3) is 0.154. The van der Waals surface area contributed by atoms with Gasteiger partial charge in [0.1, 0.15) is 5.82 Å². The molecule has 4 nitrogen and oxygen atoms in total. The molecule has 2 rings (SSSR count). The number of anilines is 1.